The average Bonchev–Trinajstić information content (AvgIpc) is 2.74. The van der Waals surface area contributed by atoms with Crippen molar-refractivity contribution >= 4 is 35.1 Å². The number of hydrogen-bond donors (Lipinski definition) is 2. The van der Waals surface area contributed by atoms with Gasteiger partial charge in [-0.3, -0.25) is 10.1 Å². The number of nitrogens with one attached hydrogen (secondary N) is 2. The Kier molecular flexibility index (Phi) is 7.31. The molecule has 0 saturated carbocycles. The number of carbonyl (C=O) groups excluding carboxylic acids is 2. The van der Waals surface area contributed by atoms with Crippen molar-refractivity contribution in [2.24, 2.45) is 0 Å². The fraction of sp³-hybridized carbons (Fsp3) is 0.200. The third-order valence-electron chi connectivity index (χ3n) is 4.16. The van der Waals surface area contributed by atoms with E-state index in [1.807, 2.05) is 43.3 Å². The Morgan fingerprint density at radius 1 is 0.970 bits per heavy atom. The van der Waals surface area contributed by atoms with Crippen LogP contribution in [0.2, 0.25) is 5.15 Å². The number of anilines is 2. The van der Waals surface area contributed by atoms with Crippen LogP contribution in [-0.2, 0) is 4.74 Å². The number of ether oxygens (including phenoxy) is 1. The second-order valence-electron chi connectivity index (χ2n) is 8.15. The molecule has 2 amide bonds. The van der Waals surface area contributed by atoms with Gasteiger partial charge in [-0.1, -0.05) is 41.6 Å². The van der Waals surface area contributed by atoms with Gasteiger partial charge in [0.25, 0.3) is 5.91 Å². The maximum atomic E-state index is 12.8. The van der Waals surface area contributed by atoms with Crippen LogP contribution in [0, 0.1) is 18.8 Å². The van der Waals surface area contributed by atoms with E-state index in [9.17, 15) is 9.59 Å². The van der Waals surface area contributed by atoms with Crippen LogP contribution in [0.3, 0.4) is 0 Å². The number of amides is 2. The molecule has 0 aliphatic carbocycles. The quantitative estimate of drug-likeness (QED) is 0.399. The predicted molar refractivity (Wildman–Crippen MR) is 128 cm³/mol. The van der Waals surface area contributed by atoms with Gasteiger partial charge >= 0.3 is 6.09 Å². The molecular weight excluding hydrogens is 440 g/mol. The maximum Gasteiger partial charge on any atom is 0.412 e. The Morgan fingerprint density at radius 3 is 2.33 bits per heavy atom. The Balaban J connectivity index is 1.73. The Labute approximate surface area is 197 Å². The first-order valence-electron chi connectivity index (χ1n) is 10.1. The monoisotopic (exact) mass is 462 g/mol. The van der Waals surface area contributed by atoms with E-state index in [1.165, 1.54) is 12.3 Å². The minimum Gasteiger partial charge on any atom is -0.444 e. The number of nitrogens with zero attached hydrogens (tertiary/aromatic N) is 2. The molecule has 0 unspecified atom stereocenters. The van der Waals surface area contributed by atoms with Crippen molar-refractivity contribution in [1.82, 2.24) is 9.97 Å². The molecule has 168 valence electrons. The van der Waals surface area contributed by atoms with Gasteiger partial charge in [0.2, 0.25) is 0 Å². The number of hydrogen-bond acceptors (Lipinski definition) is 5. The van der Waals surface area contributed by atoms with E-state index in [0.717, 1.165) is 16.7 Å². The molecule has 3 rings (SSSR count). The van der Waals surface area contributed by atoms with Crippen LogP contribution in [0.4, 0.5) is 16.3 Å². The van der Waals surface area contributed by atoms with Crippen LogP contribution in [-0.4, -0.2) is 27.6 Å². The second-order valence-corrected chi connectivity index (χ2v) is 8.51. The first-order valence-corrected chi connectivity index (χ1v) is 10.5. The number of pyridine rings is 2. The van der Waals surface area contributed by atoms with Gasteiger partial charge in [0.1, 0.15) is 16.6 Å². The zero-order chi connectivity index (χ0) is 24.0. The lowest BCUT2D eigenvalue weighted by molar-refractivity contribution is 0.0635. The van der Waals surface area contributed by atoms with Crippen LogP contribution >= 0.6 is 11.6 Å². The lowest BCUT2D eigenvalue weighted by Crippen LogP contribution is -2.27. The molecule has 0 fully saturated rings. The number of benzene rings is 1. The minimum absolute atomic E-state index is 0.00904. The zero-order valence-corrected chi connectivity index (χ0v) is 19.4. The highest BCUT2D eigenvalue weighted by molar-refractivity contribution is 6.33. The summed E-state index contributed by atoms with van der Waals surface area (Å²) in [6, 6.07) is 12.9. The number of rotatable bonds is 3. The molecule has 0 aliphatic heterocycles. The lowest BCUT2D eigenvalue weighted by atomic mass is 10.1. The van der Waals surface area contributed by atoms with Crippen molar-refractivity contribution in [3.05, 3.63) is 82.3 Å². The lowest BCUT2D eigenvalue weighted by Gasteiger charge is -2.19. The molecule has 2 heterocycles. The summed E-state index contributed by atoms with van der Waals surface area (Å²) in [6.07, 6.45) is 2.26. The topological polar surface area (TPSA) is 93.2 Å². The molecule has 7 nitrogen and oxygen atoms in total. The van der Waals surface area contributed by atoms with Crippen LogP contribution < -0.4 is 10.6 Å². The summed E-state index contributed by atoms with van der Waals surface area (Å²) in [7, 11) is 0. The standard InChI is InChI=1S/C25H23ClN4O3/c1-16-12-18(11-10-17-8-6-5-7-9-17)14-28-22(16)30-23(31)20-13-19(15-27-21(20)26)29-24(32)33-25(2,3)4/h5-9,12-15H,1-4H3,(H,29,32)(H,28,30,31). The van der Waals surface area contributed by atoms with E-state index >= 15 is 0 Å². The predicted octanol–water partition coefficient (Wildman–Crippen LogP) is 5.44. The molecule has 2 N–H and O–H groups in total. The molecule has 1 aromatic carbocycles. The van der Waals surface area contributed by atoms with E-state index in [-0.39, 0.29) is 16.4 Å². The zero-order valence-electron chi connectivity index (χ0n) is 18.7. The number of aromatic nitrogens is 2. The van der Waals surface area contributed by atoms with Crippen molar-refractivity contribution in [3.63, 3.8) is 0 Å². The molecule has 0 bridgehead atoms. The van der Waals surface area contributed by atoms with Crippen LogP contribution in [0.25, 0.3) is 0 Å². The Hall–Kier alpha value is -3.89. The third kappa shape index (κ3) is 7.06. The van der Waals surface area contributed by atoms with E-state index in [0.29, 0.717) is 5.82 Å². The fourth-order valence-corrected chi connectivity index (χ4v) is 2.90. The molecule has 2 aromatic heterocycles. The van der Waals surface area contributed by atoms with Gasteiger partial charge in [0.05, 0.1) is 17.4 Å². The van der Waals surface area contributed by atoms with Crippen LogP contribution in [0.15, 0.2) is 54.9 Å². The molecule has 0 aliphatic rings. The van der Waals surface area contributed by atoms with Crippen molar-refractivity contribution in [3.8, 4) is 11.8 Å². The van der Waals surface area contributed by atoms with Crippen molar-refractivity contribution < 1.29 is 14.3 Å². The van der Waals surface area contributed by atoms with Crippen molar-refractivity contribution in [1.29, 1.82) is 0 Å². The highest BCUT2D eigenvalue weighted by Crippen LogP contribution is 2.21. The normalized spacial score (nSPS) is 10.6. The van der Waals surface area contributed by atoms with Gasteiger partial charge in [-0.25, -0.2) is 14.8 Å². The van der Waals surface area contributed by atoms with Crippen LogP contribution in [0.5, 0.6) is 0 Å². The largest absolute Gasteiger partial charge is 0.444 e. The summed E-state index contributed by atoms with van der Waals surface area (Å²) in [5.41, 5.74) is 2.04. The van der Waals surface area contributed by atoms with E-state index in [2.05, 4.69) is 32.4 Å². The Bertz CT molecular complexity index is 1240. The highest BCUT2D eigenvalue weighted by Gasteiger charge is 2.19. The Morgan fingerprint density at radius 2 is 1.67 bits per heavy atom. The number of halogens is 1. The first kappa shape index (κ1) is 23.8. The number of carbonyl (C=O) groups is 2. The van der Waals surface area contributed by atoms with Gasteiger partial charge in [0.15, 0.2) is 0 Å². The van der Waals surface area contributed by atoms with E-state index in [4.69, 9.17) is 16.3 Å². The van der Waals surface area contributed by atoms with Crippen molar-refractivity contribution in [2.75, 3.05) is 10.6 Å². The van der Waals surface area contributed by atoms with Gasteiger partial charge in [-0.2, -0.15) is 0 Å². The summed E-state index contributed by atoms with van der Waals surface area (Å²) in [4.78, 5) is 33.1. The van der Waals surface area contributed by atoms with E-state index in [1.54, 1.807) is 27.0 Å². The summed E-state index contributed by atoms with van der Waals surface area (Å²) in [6.45, 7) is 7.06. The van der Waals surface area contributed by atoms with E-state index < -0.39 is 17.6 Å². The highest BCUT2D eigenvalue weighted by atomic mass is 35.5. The molecular formula is C25H23ClN4O3. The molecule has 0 atom stereocenters. The molecule has 3 aromatic rings. The van der Waals surface area contributed by atoms with Gasteiger partial charge in [-0.15, -0.1) is 0 Å². The molecule has 8 heteroatoms. The maximum absolute atomic E-state index is 12.8. The molecule has 0 radical (unpaired) electrons. The minimum atomic E-state index is -0.664. The first-order chi connectivity index (χ1) is 15.6. The SMILES string of the molecule is Cc1cc(C#Cc2ccccc2)cnc1NC(=O)c1cc(NC(=O)OC(C)(C)C)cnc1Cl. The molecule has 0 saturated heterocycles. The third-order valence-corrected chi connectivity index (χ3v) is 4.47. The second kappa shape index (κ2) is 10.2. The fourth-order valence-electron chi connectivity index (χ4n) is 2.71. The summed E-state index contributed by atoms with van der Waals surface area (Å²) in [5.74, 6) is 5.98. The van der Waals surface area contributed by atoms with Crippen molar-refractivity contribution in [2.45, 2.75) is 33.3 Å². The smallest absolute Gasteiger partial charge is 0.412 e. The summed E-state index contributed by atoms with van der Waals surface area (Å²) >= 11 is 6.11. The molecule has 33 heavy (non-hydrogen) atoms. The van der Waals surface area contributed by atoms with Gasteiger partial charge < -0.3 is 10.1 Å². The molecule has 0 spiro atoms. The van der Waals surface area contributed by atoms with Gasteiger partial charge in [-0.05, 0) is 57.5 Å². The summed E-state index contributed by atoms with van der Waals surface area (Å²) in [5, 5.41) is 5.25. The summed E-state index contributed by atoms with van der Waals surface area (Å²) < 4.78 is 5.21. The van der Waals surface area contributed by atoms with Crippen LogP contribution in [0.1, 0.15) is 47.8 Å². The average molecular weight is 463 g/mol. The number of aryl methyl sites for hydroxylation is 1. The van der Waals surface area contributed by atoms with Gasteiger partial charge in [0, 0.05) is 17.3 Å².